The predicted molar refractivity (Wildman–Crippen MR) is 41.3 cm³/mol. The number of ether oxygens (including phenoxy) is 3. The minimum absolute atomic E-state index is 0.136. The first kappa shape index (κ1) is 9.48. The second-order valence-corrected chi connectivity index (χ2v) is 2.90. The summed E-state index contributed by atoms with van der Waals surface area (Å²) in [5.41, 5.74) is 0. The van der Waals surface area contributed by atoms with Crippen molar-refractivity contribution in [2.75, 3.05) is 6.61 Å². The van der Waals surface area contributed by atoms with Crippen LogP contribution >= 0.6 is 0 Å². The quantitative estimate of drug-likeness (QED) is 0.587. The first-order valence-corrected chi connectivity index (χ1v) is 4.09. The van der Waals surface area contributed by atoms with Gasteiger partial charge in [0.2, 0.25) is 0 Å². The molecule has 70 valence electrons. The van der Waals surface area contributed by atoms with Gasteiger partial charge >= 0.3 is 11.9 Å². The zero-order valence-corrected chi connectivity index (χ0v) is 7.62. The minimum atomic E-state index is -1.18. The van der Waals surface area contributed by atoms with Gasteiger partial charge in [-0.2, -0.15) is 0 Å². The molecule has 0 aromatic heterocycles. The van der Waals surface area contributed by atoms with E-state index >= 15 is 0 Å². The molecule has 0 spiro atoms. The number of cyclic esters (lactones) is 1. The molecule has 1 fully saturated rings. The smallest absolute Gasteiger partial charge is 0.326 e. The number of carbonyl (C=O) groups excluding carboxylic acids is 1. The molecule has 1 saturated heterocycles. The van der Waals surface area contributed by atoms with Crippen LogP contribution in [-0.4, -0.2) is 24.7 Å². The van der Waals surface area contributed by atoms with E-state index < -0.39 is 5.97 Å². The van der Waals surface area contributed by atoms with Gasteiger partial charge in [0.05, 0.1) is 19.1 Å². The van der Waals surface area contributed by atoms with Crippen LogP contribution in [0.25, 0.3) is 0 Å². The molecule has 0 radical (unpaired) electrons. The summed E-state index contributed by atoms with van der Waals surface area (Å²) in [5.74, 6) is -1.45. The first-order valence-electron chi connectivity index (χ1n) is 4.09. The molecule has 1 aliphatic rings. The van der Waals surface area contributed by atoms with E-state index in [4.69, 9.17) is 14.2 Å². The van der Waals surface area contributed by atoms with Crippen molar-refractivity contribution in [1.29, 1.82) is 0 Å². The van der Waals surface area contributed by atoms with Crippen molar-refractivity contribution < 1.29 is 19.0 Å². The van der Waals surface area contributed by atoms with Gasteiger partial charge < -0.3 is 14.2 Å². The second kappa shape index (κ2) is 3.41. The fourth-order valence-electron chi connectivity index (χ4n) is 1.24. The third-order valence-electron chi connectivity index (χ3n) is 1.58. The lowest BCUT2D eigenvalue weighted by Crippen LogP contribution is -2.45. The van der Waals surface area contributed by atoms with Gasteiger partial charge in [0.1, 0.15) is 0 Å². The highest BCUT2D eigenvalue weighted by molar-refractivity contribution is 5.70. The van der Waals surface area contributed by atoms with Gasteiger partial charge in [0, 0.05) is 6.92 Å². The van der Waals surface area contributed by atoms with E-state index in [0.29, 0.717) is 13.0 Å². The molecule has 0 N–H and O–H groups in total. The van der Waals surface area contributed by atoms with E-state index in [0.717, 1.165) is 0 Å². The van der Waals surface area contributed by atoms with Gasteiger partial charge in [-0.1, -0.05) is 0 Å². The summed E-state index contributed by atoms with van der Waals surface area (Å²) in [7, 11) is 0. The number of carbonyl (C=O) groups is 1. The summed E-state index contributed by atoms with van der Waals surface area (Å²) in [5, 5.41) is 0. The van der Waals surface area contributed by atoms with E-state index in [1.807, 2.05) is 13.8 Å². The summed E-state index contributed by atoms with van der Waals surface area (Å²) >= 11 is 0. The van der Waals surface area contributed by atoms with Crippen molar-refractivity contribution in [1.82, 2.24) is 0 Å². The number of esters is 1. The highest BCUT2D eigenvalue weighted by Gasteiger charge is 2.38. The molecular weight excluding hydrogens is 160 g/mol. The van der Waals surface area contributed by atoms with Crippen LogP contribution in [0, 0.1) is 0 Å². The second-order valence-electron chi connectivity index (χ2n) is 2.90. The van der Waals surface area contributed by atoms with Crippen LogP contribution in [-0.2, 0) is 19.0 Å². The summed E-state index contributed by atoms with van der Waals surface area (Å²) in [6.07, 6.45) is 0.158. The SMILES string of the molecule is CCOC1(C)OC(=O)CC(C)O1. The molecule has 2 unspecified atom stereocenters. The fraction of sp³-hybridized carbons (Fsp3) is 0.875. The molecular formula is C8H14O4. The van der Waals surface area contributed by atoms with Crippen molar-refractivity contribution in [3.8, 4) is 0 Å². The van der Waals surface area contributed by atoms with E-state index in [1.165, 1.54) is 0 Å². The van der Waals surface area contributed by atoms with Crippen molar-refractivity contribution >= 4 is 5.97 Å². The van der Waals surface area contributed by atoms with Crippen LogP contribution in [0.15, 0.2) is 0 Å². The maximum atomic E-state index is 11.0. The van der Waals surface area contributed by atoms with Crippen LogP contribution in [0.1, 0.15) is 27.2 Å². The lowest BCUT2D eigenvalue weighted by atomic mass is 10.2. The van der Waals surface area contributed by atoms with Gasteiger partial charge in [-0.15, -0.1) is 0 Å². The third kappa shape index (κ3) is 2.19. The van der Waals surface area contributed by atoms with Crippen LogP contribution < -0.4 is 0 Å². The lowest BCUT2D eigenvalue weighted by molar-refractivity contribution is -0.378. The summed E-state index contributed by atoms with van der Waals surface area (Å²) in [6.45, 7) is 5.69. The molecule has 0 aromatic carbocycles. The fourth-order valence-corrected chi connectivity index (χ4v) is 1.24. The normalized spacial score (nSPS) is 36.2. The Morgan fingerprint density at radius 1 is 1.75 bits per heavy atom. The average molecular weight is 174 g/mol. The van der Waals surface area contributed by atoms with Crippen LogP contribution in [0.5, 0.6) is 0 Å². The summed E-state index contributed by atoms with van der Waals surface area (Å²) < 4.78 is 15.4. The van der Waals surface area contributed by atoms with Crippen LogP contribution in [0.4, 0.5) is 0 Å². The molecule has 1 aliphatic heterocycles. The van der Waals surface area contributed by atoms with Gasteiger partial charge in [-0.05, 0) is 13.8 Å². The maximum Gasteiger partial charge on any atom is 0.326 e. The summed E-state index contributed by atoms with van der Waals surface area (Å²) in [6, 6.07) is 0. The maximum absolute atomic E-state index is 11.0. The molecule has 0 aromatic rings. The largest absolute Gasteiger partial charge is 0.408 e. The third-order valence-corrected chi connectivity index (χ3v) is 1.58. The zero-order chi connectivity index (χ0) is 9.19. The Bertz CT molecular complexity index is 180. The van der Waals surface area contributed by atoms with Gasteiger partial charge in [-0.3, -0.25) is 4.79 Å². The summed E-state index contributed by atoms with van der Waals surface area (Å²) in [4.78, 5) is 11.0. The average Bonchev–Trinajstić information content (AvgIpc) is 1.82. The highest BCUT2D eigenvalue weighted by atomic mass is 16.9. The van der Waals surface area contributed by atoms with E-state index in [9.17, 15) is 4.79 Å². The Morgan fingerprint density at radius 2 is 2.42 bits per heavy atom. The Labute approximate surface area is 71.8 Å². The monoisotopic (exact) mass is 174 g/mol. The van der Waals surface area contributed by atoms with E-state index in [1.54, 1.807) is 6.92 Å². The van der Waals surface area contributed by atoms with Crippen molar-refractivity contribution in [3.63, 3.8) is 0 Å². The van der Waals surface area contributed by atoms with Crippen molar-refractivity contribution in [2.45, 2.75) is 39.3 Å². The number of hydrogen-bond donors (Lipinski definition) is 0. The molecule has 2 atom stereocenters. The first-order chi connectivity index (χ1) is 5.56. The zero-order valence-electron chi connectivity index (χ0n) is 7.62. The Kier molecular flexibility index (Phi) is 2.69. The minimum Gasteiger partial charge on any atom is -0.408 e. The van der Waals surface area contributed by atoms with Gasteiger partial charge in [-0.25, -0.2) is 0 Å². The molecule has 0 bridgehead atoms. The molecule has 0 aliphatic carbocycles. The predicted octanol–water partition coefficient (Wildman–Crippen LogP) is 1.05. The van der Waals surface area contributed by atoms with Crippen LogP contribution in [0.2, 0.25) is 0 Å². The molecule has 1 rings (SSSR count). The molecule has 0 saturated carbocycles. The topological polar surface area (TPSA) is 44.8 Å². The molecule has 4 nitrogen and oxygen atoms in total. The van der Waals surface area contributed by atoms with E-state index in [2.05, 4.69) is 0 Å². The van der Waals surface area contributed by atoms with Gasteiger partial charge in [0.25, 0.3) is 0 Å². The lowest BCUT2D eigenvalue weighted by Gasteiger charge is -2.35. The Balaban J connectivity index is 2.58. The van der Waals surface area contributed by atoms with Crippen molar-refractivity contribution in [3.05, 3.63) is 0 Å². The molecule has 0 amide bonds. The Hall–Kier alpha value is -0.610. The highest BCUT2D eigenvalue weighted by Crippen LogP contribution is 2.24. The van der Waals surface area contributed by atoms with Crippen molar-refractivity contribution in [2.24, 2.45) is 0 Å². The molecule has 12 heavy (non-hydrogen) atoms. The molecule has 1 heterocycles. The van der Waals surface area contributed by atoms with Crippen LogP contribution in [0.3, 0.4) is 0 Å². The number of rotatable bonds is 2. The number of hydrogen-bond acceptors (Lipinski definition) is 4. The Morgan fingerprint density at radius 3 is 2.92 bits per heavy atom. The van der Waals surface area contributed by atoms with E-state index in [-0.39, 0.29) is 12.1 Å². The molecule has 4 heteroatoms. The standard InChI is InChI=1S/C8H14O4/c1-4-10-8(3)11-6(2)5-7(9)12-8/h6H,4-5H2,1-3H3. The van der Waals surface area contributed by atoms with Gasteiger partial charge in [0.15, 0.2) is 0 Å².